The molecule has 2 unspecified atom stereocenters. The van der Waals surface area contributed by atoms with Crippen molar-refractivity contribution in [1.29, 1.82) is 0 Å². The summed E-state index contributed by atoms with van der Waals surface area (Å²) >= 11 is 1.38. The van der Waals surface area contributed by atoms with Crippen molar-refractivity contribution in [3.05, 3.63) is 35.3 Å². The van der Waals surface area contributed by atoms with Crippen LogP contribution >= 0.6 is 11.8 Å². The third-order valence-electron chi connectivity index (χ3n) is 6.05. The molecule has 0 spiro atoms. The zero-order valence-electron chi connectivity index (χ0n) is 18.7. The minimum absolute atomic E-state index is 0.0598. The number of nitrogens with zero attached hydrogens (tertiary/aromatic N) is 3. The van der Waals surface area contributed by atoms with Crippen molar-refractivity contribution < 1.29 is 33.9 Å². The second-order valence-corrected chi connectivity index (χ2v) is 9.67. The molecule has 0 aromatic rings. The molecular weight excluding hydrogens is 478 g/mol. The SMILES string of the molecule is O=C[C@H](CC(=O)O)NC(=O)[C@@H]1CCCN2C(=O)CCN(NC(=O)C3=CC4C=CC=CC4S3)C(=O)N12. The molecule has 0 saturated carbocycles. The number of hydrogen-bond acceptors (Lipinski definition) is 7. The largest absolute Gasteiger partial charge is 0.481 e. The van der Waals surface area contributed by atoms with Crippen molar-refractivity contribution in [1.82, 2.24) is 25.8 Å². The number of aliphatic carboxylic acids is 1. The summed E-state index contributed by atoms with van der Waals surface area (Å²) in [7, 11) is 0. The van der Waals surface area contributed by atoms with Crippen molar-refractivity contribution >= 4 is 47.8 Å². The second kappa shape index (κ2) is 10.3. The molecule has 0 aromatic carbocycles. The number of carboxylic acids is 1. The van der Waals surface area contributed by atoms with E-state index in [1.165, 1.54) is 16.8 Å². The zero-order valence-corrected chi connectivity index (χ0v) is 19.5. The maximum absolute atomic E-state index is 13.4. The fourth-order valence-corrected chi connectivity index (χ4v) is 5.53. The van der Waals surface area contributed by atoms with E-state index in [-0.39, 0.29) is 43.0 Å². The summed E-state index contributed by atoms with van der Waals surface area (Å²) in [5.74, 6) is -2.82. The number of carboxylic acid groups (broad SMARTS) is 1. The lowest BCUT2D eigenvalue weighted by molar-refractivity contribution is -0.155. The van der Waals surface area contributed by atoms with E-state index in [0.717, 1.165) is 10.0 Å². The van der Waals surface area contributed by atoms with Gasteiger partial charge >= 0.3 is 12.0 Å². The van der Waals surface area contributed by atoms with Crippen LogP contribution in [0.3, 0.4) is 0 Å². The van der Waals surface area contributed by atoms with E-state index in [1.54, 1.807) is 0 Å². The highest BCUT2D eigenvalue weighted by Gasteiger charge is 2.44. The van der Waals surface area contributed by atoms with Crippen LogP contribution in [0.2, 0.25) is 0 Å². The quantitative estimate of drug-likeness (QED) is 0.408. The van der Waals surface area contributed by atoms with Crippen LogP contribution < -0.4 is 10.7 Å². The van der Waals surface area contributed by atoms with Crippen LogP contribution in [0, 0.1) is 5.92 Å². The minimum Gasteiger partial charge on any atom is -0.481 e. The number of allylic oxidation sites excluding steroid dienone is 4. The van der Waals surface area contributed by atoms with E-state index in [0.29, 0.717) is 17.6 Å². The molecule has 3 N–H and O–H groups in total. The van der Waals surface area contributed by atoms with Gasteiger partial charge in [0, 0.05) is 24.1 Å². The molecule has 3 aliphatic heterocycles. The molecule has 4 atom stereocenters. The van der Waals surface area contributed by atoms with Gasteiger partial charge in [0.25, 0.3) is 5.91 Å². The Morgan fingerprint density at radius 2 is 1.97 bits per heavy atom. The van der Waals surface area contributed by atoms with Gasteiger partial charge in [-0.3, -0.25) is 24.6 Å². The summed E-state index contributed by atoms with van der Waals surface area (Å²) in [6.45, 7) is 0.136. The van der Waals surface area contributed by atoms with Gasteiger partial charge in [-0.1, -0.05) is 30.4 Å². The highest BCUT2D eigenvalue weighted by Crippen LogP contribution is 2.39. The summed E-state index contributed by atoms with van der Waals surface area (Å²) in [6, 6.07) is -3.18. The van der Waals surface area contributed by atoms with E-state index in [9.17, 15) is 28.8 Å². The molecule has 4 rings (SSSR count). The molecule has 5 amide bonds. The molecule has 0 bridgehead atoms. The number of rotatable bonds is 7. The number of hydrogen-bond donors (Lipinski definition) is 3. The lowest BCUT2D eigenvalue weighted by Crippen LogP contribution is -2.64. The first kappa shape index (κ1) is 24.5. The Balaban J connectivity index is 1.50. The number of carbonyl (C=O) groups is 6. The number of thioether (sulfide) groups is 1. The van der Waals surface area contributed by atoms with Gasteiger partial charge in [0.05, 0.1) is 23.9 Å². The Hall–Kier alpha value is -3.61. The highest BCUT2D eigenvalue weighted by molar-refractivity contribution is 8.05. The van der Waals surface area contributed by atoms with Gasteiger partial charge in [-0.05, 0) is 12.8 Å². The number of nitrogens with one attached hydrogen (secondary N) is 2. The van der Waals surface area contributed by atoms with Crippen LogP contribution in [-0.4, -0.2) is 86.6 Å². The summed E-state index contributed by atoms with van der Waals surface area (Å²) in [6.07, 6.45) is 9.89. The van der Waals surface area contributed by atoms with Crippen LogP contribution in [-0.2, 0) is 24.0 Å². The second-order valence-electron chi connectivity index (χ2n) is 8.45. The number of amides is 5. The van der Waals surface area contributed by atoms with Crippen molar-refractivity contribution in [2.75, 3.05) is 13.1 Å². The Kier molecular flexibility index (Phi) is 7.24. The minimum atomic E-state index is -1.28. The van der Waals surface area contributed by atoms with Gasteiger partial charge in [-0.25, -0.2) is 19.8 Å². The maximum atomic E-state index is 13.4. The summed E-state index contributed by atoms with van der Waals surface area (Å²) in [5.41, 5.74) is 2.57. The monoisotopic (exact) mass is 503 g/mol. The third-order valence-corrected chi connectivity index (χ3v) is 7.37. The van der Waals surface area contributed by atoms with E-state index in [4.69, 9.17) is 5.11 Å². The summed E-state index contributed by atoms with van der Waals surface area (Å²) in [5, 5.41) is 14.6. The Morgan fingerprint density at radius 3 is 2.69 bits per heavy atom. The molecule has 13 heteroatoms. The van der Waals surface area contributed by atoms with Crippen molar-refractivity contribution in [2.24, 2.45) is 5.92 Å². The predicted octanol–water partition coefficient (Wildman–Crippen LogP) is -0.0488. The molecule has 35 heavy (non-hydrogen) atoms. The Labute approximate surface area is 205 Å². The Morgan fingerprint density at radius 1 is 1.20 bits per heavy atom. The van der Waals surface area contributed by atoms with E-state index < -0.39 is 42.3 Å². The molecular formula is C22H25N5O7S. The van der Waals surface area contributed by atoms with Gasteiger partial charge in [-0.15, -0.1) is 11.8 Å². The molecule has 0 radical (unpaired) electrons. The molecule has 3 heterocycles. The smallest absolute Gasteiger partial charge is 0.358 e. The molecule has 2 saturated heterocycles. The first-order valence-electron chi connectivity index (χ1n) is 11.2. The van der Waals surface area contributed by atoms with Gasteiger partial charge in [-0.2, -0.15) is 0 Å². The van der Waals surface area contributed by atoms with Gasteiger partial charge in [0.15, 0.2) is 0 Å². The zero-order chi connectivity index (χ0) is 25.1. The third kappa shape index (κ3) is 5.24. The molecule has 1 aliphatic carbocycles. The van der Waals surface area contributed by atoms with Gasteiger partial charge in [0.2, 0.25) is 11.8 Å². The van der Waals surface area contributed by atoms with Gasteiger partial charge in [0.1, 0.15) is 12.3 Å². The lowest BCUT2D eigenvalue weighted by atomic mass is 10.0. The number of fused-ring (bicyclic) bond motifs is 2. The van der Waals surface area contributed by atoms with Crippen molar-refractivity contribution in [2.45, 2.75) is 43.0 Å². The molecule has 0 aromatic heterocycles. The van der Waals surface area contributed by atoms with Crippen LogP contribution in [0.15, 0.2) is 35.3 Å². The first-order valence-corrected chi connectivity index (χ1v) is 12.1. The maximum Gasteiger partial charge on any atom is 0.358 e. The van der Waals surface area contributed by atoms with Crippen LogP contribution in [0.4, 0.5) is 4.79 Å². The normalized spacial score (nSPS) is 26.3. The number of urea groups is 1. The van der Waals surface area contributed by atoms with E-state index in [2.05, 4.69) is 10.7 Å². The summed E-state index contributed by atoms with van der Waals surface area (Å²) < 4.78 is 0. The molecule has 12 nitrogen and oxygen atoms in total. The number of carbonyl (C=O) groups excluding carboxylic acids is 5. The topological polar surface area (TPSA) is 156 Å². The molecule has 2 fully saturated rings. The number of hydrazine groups is 2. The fraction of sp³-hybridized carbons (Fsp3) is 0.455. The molecule has 186 valence electrons. The Bertz CT molecular complexity index is 1040. The van der Waals surface area contributed by atoms with Crippen LogP contribution in [0.1, 0.15) is 25.7 Å². The lowest BCUT2D eigenvalue weighted by Gasteiger charge is -2.42. The standard InChI is InChI=1S/C22H25N5O7S/c28-12-14(11-19(30)31)23-20(32)15-5-3-8-26-18(29)7-9-25(22(34)27(15)26)24-21(33)17-10-13-4-1-2-6-16(13)35-17/h1-2,4,6,10,12-16H,3,5,7-9,11H2,(H,23,32)(H,24,33)(H,30,31)/t13?,14-,15-,16?/m0/s1. The fourth-order valence-electron chi connectivity index (χ4n) is 4.36. The molecule has 4 aliphatic rings. The van der Waals surface area contributed by atoms with E-state index >= 15 is 0 Å². The first-order chi connectivity index (χ1) is 16.8. The highest BCUT2D eigenvalue weighted by atomic mass is 32.2. The average molecular weight is 504 g/mol. The van der Waals surface area contributed by atoms with Crippen molar-refractivity contribution in [3.63, 3.8) is 0 Å². The van der Waals surface area contributed by atoms with Gasteiger partial charge < -0.3 is 15.2 Å². The van der Waals surface area contributed by atoms with E-state index in [1.807, 2.05) is 30.4 Å². The number of aldehydes is 1. The van der Waals surface area contributed by atoms with Crippen LogP contribution in [0.5, 0.6) is 0 Å². The summed E-state index contributed by atoms with van der Waals surface area (Å²) in [4.78, 5) is 74.6. The average Bonchev–Trinajstić information content (AvgIpc) is 3.24. The predicted molar refractivity (Wildman–Crippen MR) is 123 cm³/mol. The van der Waals surface area contributed by atoms with Crippen molar-refractivity contribution in [3.8, 4) is 0 Å². The van der Waals surface area contributed by atoms with Crippen LogP contribution in [0.25, 0.3) is 0 Å².